The van der Waals surface area contributed by atoms with Crippen molar-refractivity contribution >= 4 is 13.7 Å². The molecule has 0 atom stereocenters. The molecular formula is C15H32BF4NO. The maximum absolute atomic E-state index is 9.75. The third-order valence-corrected chi connectivity index (χ3v) is 2.90. The van der Waals surface area contributed by atoms with E-state index >= 15 is 0 Å². The van der Waals surface area contributed by atoms with Gasteiger partial charge >= 0.3 is 13.7 Å². The van der Waals surface area contributed by atoms with Gasteiger partial charge in [-0.05, 0) is 6.42 Å². The largest absolute Gasteiger partial charge is 0.673 e. The highest BCUT2D eigenvalue weighted by Crippen LogP contribution is 2.10. The van der Waals surface area contributed by atoms with Crippen molar-refractivity contribution in [1.82, 2.24) is 0 Å². The number of rotatable bonds is 12. The Labute approximate surface area is 133 Å². The van der Waals surface area contributed by atoms with E-state index in [1.165, 1.54) is 64.2 Å². The van der Waals surface area contributed by atoms with Crippen molar-refractivity contribution in [2.75, 3.05) is 20.7 Å². The second-order valence-corrected chi connectivity index (χ2v) is 5.62. The quantitative estimate of drug-likeness (QED) is 0.115. The van der Waals surface area contributed by atoms with Crippen LogP contribution >= 0.6 is 0 Å². The molecule has 0 aromatic rings. The van der Waals surface area contributed by atoms with E-state index < -0.39 is 7.25 Å². The maximum atomic E-state index is 9.75. The van der Waals surface area contributed by atoms with Crippen molar-refractivity contribution in [3.05, 3.63) is 0 Å². The lowest BCUT2D eigenvalue weighted by Gasteiger charge is -2.02. The molecule has 0 saturated heterocycles. The lowest BCUT2D eigenvalue weighted by molar-refractivity contribution is -0.468. The molecular weight excluding hydrogens is 297 g/mol. The fraction of sp³-hybridized carbons (Fsp3) is 0.933. The van der Waals surface area contributed by atoms with Crippen LogP contribution in [0.25, 0.3) is 0 Å². The first-order valence-corrected chi connectivity index (χ1v) is 8.26. The van der Waals surface area contributed by atoms with E-state index in [9.17, 15) is 17.3 Å². The summed E-state index contributed by atoms with van der Waals surface area (Å²) in [7, 11) is -2.03. The number of ether oxygens (including phenoxy) is 1. The van der Waals surface area contributed by atoms with E-state index in [-0.39, 0.29) is 0 Å². The summed E-state index contributed by atoms with van der Waals surface area (Å²) in [4.78, 5) is 0. The monoisotopic (exact) mass is 329 g/mol. The first-order valence-electron chi connectivity index (χ1n) is 8.26. The van der Waals surface area contributed by atoms with Crippen LogP contribution in [0.5, 0.6) is 0 Å². The van der Waals surface area contributed by atoms with Crippen LogP contribution in [0, 0.1) is 0 Å². The van der Waals surface area contributed by atoms with Crippen LogP contribution in [0.3, 0.4) is 0 Å². The normalized spacial score (nSPS) is 10.7. The van der Waals surface area contributed by atoms with Crippen LogP contribution in [0.1, 0.15) is 71.1 Å². The molecule has 0 saturated carbocycles. The van der Waals surface area contributed by atoms with Crippen LogP contribution in [-0.4, -0.2) is 38.9 Å². The van der Waals surface area contributed by atoms with Crippen LogP contribution in [0.4, 0.5) is 17.3 Å². The fourth-order valence-electron chi connectivity index (χ4n) is 1.87. The molecule has 0 fully saturated rings. The number of unbranched alkanes of at least 4 members (excludes halogenated alkanes) is 9. The minimum atomic E-state index is -6.00. The van der Waals surface area contributed by atoms with Crippen LogP contribution in [0.15, 0.2) is 0 Å². The summed E-state index contributed by atoms with van der Waals surface area (Å²) >= 11 is 0. The summed E-state index contributed by atoms with van der Waals surface area (Å²) in [5.74, 6) is 0. The maximum Gasteiger partial charge on any atom is 0.673 e. The number of hydrogen-bond donors (Lipinski definition) is 0. The summed E-state index contributed by atoms with van der Waals surface area (Å²) in [6.45, 7) is 3.14. The molecule has 134 valence electrons. The Balaban J connectivity index is 0. The van der Waals surface area contributed by atoms with Crippen LogP contribution < -0.4 is 0 Å². The summed E-state index contributed by atoms with van der Waals surface area (Å²) in [6.07, 6.45) is 15.6. The molecule has 0 unspecified atom stereocenters. The first-order chi connectivity index (χ1) is 10.3. The molecule has 7 heteroatoms. The van der Waals surface area contributed by atoms with Gasteiger partial charge in [0, 0.05) is 0 Å². The van der Waals surface area contributed by atoms with Gasteiger partial charge in [-0.25, -0.2) is 4.58 Å². The molecule has 0 aliphatic carbocycles. The summed E-state index contributed by atoms with van der Waals surface area (Å²) in [5.41, 5.74) is 0. The standard InChI is InChI=1S/C15H32NO.BF4/c1-4-5-6-7-8-9-10-11-12-13-14-17-15-16(2)3;2-1(3,4)5/h15H,4-14H2,1-3H3;/q+1;-1. The highest BCUT2D eigenvalue weighted by atomic mass is 19.5. The number of nitrogens with zero attached hydrogens (tertiary/aromatic N) is 1. The van der Waals surface area contributed by atoms with Gasteiger partial charge in [-0.15, -0.1) is 0 Å². The Morgan fingerprint density at radius 2 is 1.14 bits per heavy atom. The van der Waals surface area contributed by atoms with Crippen molar-refractivity contribution in [1.29, 1.82) is 0 Å². The Morgan fingerprint density at radius 1 is 0.773 bits per heavy atom. The first kappa shape index (κ1) is 23.5. The van der Waals surface area contributed by atoms with Crippen molar-refractivity contribution in [2.45, 2.75) is 71.1 Å². The van der Waals surface area contributed by atoms with Gasteiger partial charge in [0.15, 0.2) is 0 Å². The molecule has 0 aromatic heterocycles. The second kappa shape index (κ2) is 16.6. The Bertz CT molecular complexity index is 250. The minimum absolute atomic E-state index is 0.870. The van der Waals surface area contributed by atoms with Crippen molar-refractivity contribution in [3.63, 3.8) is 0 Å². The molecule has 0 spiro atoms. The average Bonchev–Trinajstić information content (AvgIpc) is 2.38. The zero-order valence-electron chi connectivity index (χ0n) is 14.3. The molecule has 0 aliphatic heterocycles. The van der Waals surface area contributed by atoms with E-state index in [1.54, 1.807) is 6.40 Å². The third-order valence-electron chi connectivity index (χ3n) is 2.90. The highest BCUT2D eigenvalue weighted by Gasteiger charge is 2.20. The zero-order valence-corrected chi connectivity index (χ0v) is 14.3. The summed E-state index contributed by atoms with van der Waals surface area (Å²) in [6, 6.07) is 0. The molecule has 0 bridgehead atoms. The van der Waals surface area contributed by atoms with Gasteiger partial charge in [0.2, 0.25) is 0 Å². The molecule has 0 rings (SSSR count). The van der Waals surface area contributed by atoms with Gasteiger partial charge in [-0.2, -0.15) is 0 Å². The predicted octanol–water partition coefficient (Wildman–Crippen LogP) is 5.52. The molecule has 22 heavy (non-hydrogen) atoms. The molecule has 0 heterocycles. The van der Waals surface area contributed by atoms with Gasteiger partial charge in [0.25, 0.3) is 0 Å². The fourth-order valence-corrected chi connectivity index (χ4v) is 1.87. The molecule has 0 aromatic carbocycles. The lowest BCUT2D eigenvalue weighted by Crippen LogP contribution is -2.03. The highest BCUT2D eigenvalue weighted by molar-refractivity contribution is 6.50. The van der Waals surface area contributed by atoms with Gasteiger partial charge < -0.3 is 22.0 Å². The van der Waals surface area contributed by atoms with Crippen molar-refractivity contribution < 1.29 is 26.6 Å². The van der Waals surface area contributed by atoms with Crippen molar-refractivity contribution in [3.8, 4) is 0 Å². The van der Waals surface area contributed by atoms with Gasteiger partial charge in [0.1, 0.15) is 14.1 Å². The predicted molar refractivity (Wildman–Crippen MR) is 86.2 cm³/mol. The Kier molecular flexibility index (Phi) is 17.8. The van der Waals surface area contributed by atoms with E-state index in [0.717, 1.165) is 6.61 Å². The third kappa shape index (κ3) is 36.5. The van der Waals surface area contributed by atoms with Crippen molar-refractivity contribution in [2.24, 2.45) is 0 Å². The van der Waals surface area contributed by atoms with Crippen LogP contribution in [-0.2, 0) is 4.74 Å². The topological polar surface area (TPSA) is 12.2 Å². The van der Waals surface area contributed by atoms with E-state index in [0.29, 0.717) is 0 Å². The molecule has 0 amide bonds. The van der Waals surface area contributed by atoms with E-state index in [1.807, 2.05) is 18.7 Å². The van der Waals surface area contributed by atoms with Gasteiger partial charge in [0.05, 0.1) is 6.61 Å². The molecule has 2 nitrogen and oxygen atoms in total. The van der Waals surface area contributed by atoms with E-state index in [2.05, 4.69) is 6.92 Å². The average molecular weight is 329 g/mol. The second-order valence-electron chi connectivity index (χ2n) is 5.62. The lowest BCUT2D eigenvalue weighted by atomic mass is 10.1. The number of hydrogen-bond acceptors (Lipinski definition) is 1. The summed E-state index contributed by atoms with van der Waals surface area (Å²) in [5, 5.41) is 0. The smallest absolute Gasteiger partial charge is 0.450 e. The minimum Gasteiger partial charge on any atom is -0.450 e. The SMILES string of the molecule is CCCCCCCCCCCCOC=[N+](C)C.F[B-](F)(F)F. The summed E-state index contributed by atoms with van der Waals surface area (Å²) < 4.78 is 46.3. The van der Waals surface area contributed by atoms with Crippen LogP contribution in [0.2, 0.25) is 0 Å². The molecule has 0 radical (unpaired) electrons. The Morgan fingerprint density at radius 3 is 1.50 bits per heavy atom. The zero-order chi connectivity index (χ0) is 17.3. The number of halogens is 4. The van der Waals surface area contributed by atoms with Gasteiger partial charge in [-0.1, -0.05) is 64.7 Å². The van der Waals surface area contributed by atoms with Gasteiger partial charge in [-0.3, -0.25) is 0 Å². The molecule has 0 N–H and O–H groups in total. The Hall–Kier alpha value is -0.745. The van der Waals surface area contributed by atoms with E-state index in [4.69, 9.17) is 4.74 Å². The molecule has 0 aliphatic rings.